The maximum atomic E-state index is 12.5. The van der Waals surface area contributed by atoms with E-state index in [9.17, 15) is 22.4 Å². The number of alkyl halides is 4. The van der Waals surface area contributed by atoms with Gasteiger partial charge in [-0.1, -0.05) is 15.9 Å². The van der Waals surface area contributed by atoms with Crippen molar-refractivity contribution in [1.82, 2.24) is 0 Å². The van der Waals surface area contributed by atoms with E-state index >= 15 is 0 Å². The molecule has 0 aliphatic carbocycles. The van der Waals surface area contributed by atoms with E-state index in [1.165, 1.54) is 24.3 Å². The van der Waals surface area contributed by atoms with Crippen LogP contribution in [0.4, 0.5) is 23.2 Å². The molecule has 0 spiro atoms. The zero-order chi connectivity index (χ0) is 12.3. The highest BCUT2D eigenvalue weighted by Gasteiger charge is 2.48. The average molecular weight is 300 g/mol. The summed E-state index contributed by atoms with van der Waals surface area (Å²) in [5.41, 5.74) is 0.0218. The highest BCUT2D eigenvalue weighted by molar-refractivity contribution is 9.10. The largest absolute Gasteiger partial charge is 0.383 e. The van der Waals surface area contributed by atoms with Crippen molar-refractivity contribution in [2.75, 3.05) is 5.32 Å². The van der Waals surface area contributed by atoms with E-state index in [-0.39, 0.29) is 5.69 Å². The van der Waals surface area contributed by atoms with Crippen LogP contribution in [0, 0.1) is 0 Å². The normalized spacial score (nSPS) is 11.6. The lowest BCUT2D eigenvalue weighted by Gasteiger charge is -2.14. The number of hydrogen-bond acceptors (Lipinski definition) is 1. The summed E-state index contributed by atoms with van der Waals surface area (Å²) in [6.45, 7) is 0. The van der Waals surface area contributed by atoms with Crippen molar-refractivity contribution < 1.29 is 22.4 Å². The number of nitrogens with one attached hydrogen (secondary N) is 1. The average Bonchev–Trinajstić information content (AvgIpc) is 2.21. The lowest BCUT2D eigenvalue weighted by Crippen LogP contribution is -2.40. The van der Waals surface area contributed by atoms with Gasteiger partial charge in [-0.3, -0.25) is 4.79 Å². The fourth-order valence-electron chi connectivity index (χ4n) is 0.847. The van der Waals surface area contributed by atoms with E-state index in [4.69, 9.17) is 0 Å². The van der Waals surface area contributed by atoms with Crippen molar-refractivity contribution in [3.05, 3.63) is 28.7 Å². The Kier molecular flexibility index (Phi) is 3.90. The summed E-state index contributed by atoms with van der Waals surface area (Å²) < 4.78 is 49.4. The smallest absolute Gasteiger partial charge is 0.321 e. The minimum Gasteiger partial charge on any atom is -0.321 e. The molecule has 2 nitrogen and oxygen atoms in total. The second kappa shape index (κ2) is 4.82. The van der Waals surface area contributed by atoms with E-state index in [2.05, 4.69) is 15.9 Å². The molecular weight excluding hydrogens is 294 g/mol. The van der Waals surface area contributed by atoms with Gasteiger partial charge < -0.3 is 5.32 Å². The van der Waals surface area contributed by atoms with Crippen molar-refractivity contribution in [3.8, 4) is 0 Å². The molecule has 1 rings (SSSR count). The highest BCUT2D eigenvalue weighted by atomic mass is 79.9. The van der Waals surface area contributed by atoms with E-state index in [0.717, 1.165) is 0 Å². The third-order valence-corrected chi connectivity index (χ3v) is 2.21. The Balaban J connectivity index is 2.75. The van der Waals surface area contributed by atoms with Crippen LogP contribution in [-0.4, -0.2) is 18.3 Å². The van der Waals surface area contributed by atoms with E-state index in [0.29, 0.717) is 4.47 Å². The zero-order valence-corrected chi connectivity index (χ0v) is 9.27. The number of carbonyl (C=O) groups excluding carboxylic acids is 1. The van der Waals surface area contributed by atoms with Crippen molar-refractivity contribution in [2.45, 2.75) is 12.3 Å². The Bertz CT molecular complexity index is 380. The van der Waals surface area contributed by atoms with Gasteiger partial charge >= 0.3 is 18.3 Å². The van der Waals surface area contributed by atoms with Crippen LogP contribution >= 0.6 is 15.9 Å². The van der Waals surface area contributed by atoms with Gasteiger partial charge in [-0.2, -0.15) is 8.78 Å². The third kappa shape index (κ3) is 2.94. The Labute approximate surface area is 96.8 Å². The van der Waals surface area contributed by atoms with Gasteiger partial charge in [0.25, 0.3) is 0 Å². The topological polar surface area (TPSA) is 29.1 Å². The summed E-state index contributed by atoms with van der Waals surface area (Å²) in [5, 5.41) is 1.70. The molecule has 0 unspecified atom stereocenters. The maximum Gasteiger partial charge on any atom is 0.383 e. The quantitative estimate of drug-likeness (QED) is 0.853. The minimum atomic E-state index is -4.69. The third-order valence-electron chi connectivity index (χ3n) is 1.68. The van der Waals surface area contributed by atoms with E-state index in [1.54, 1.807) is 5.32 Å². The number of carbonyl (C=O) groups is 1. The lowest BCUT2D eigenvalue weighted by atomic mass is 10.3. The van der Waals surface area contributed by atoms with Crippen LogP contribution < -0.4 is 5.32 Å². The molecule has 1 aromatic rings. The van der Waals surface area contributed by atoms with E-state index < -0.39 is 18.3 Å². The minimum absolute atomic E-state index is 0.0218. The van der Waals surface area contributed by atoms with Crippen LogP contribution in [-0.2, 0) is 4.79 Å². The van der Waals surface area contributed by atoms with Gasteiger partial charge in [0.1, 0.15) is 0 Å². The van der Waals surface area contributed by atoms with Gasteiger partial charge in [0.15, 0.2) is 0 Å². The first-order valence-electron chi connectivity index (χ1n) is 4.07. The van der Waals surface area contributed by atoms with Gasteiger partial charge in [0.2, 0.25) is 0 Å². The predicted molar refractivity (Wildman–Crippen MR) is 53.7 cm³/mol. The van der Waals surface area contributed by atoms with Crippen LogP contribution in [0.15, 0.2) is 28.7 Å². The number of benzene rings is 1. The Morgan fingerprint density at radius 1 is 1.25 bits per heavy atom. The molecule has 1 N–H and O–H groups in total. The Morgan fingerprint density at radius 3 is 2.19 bits per heavy atom. The van der Waals surface area contributed by atoms with Crippen LogP contribution in [0.3, 0.4) is 0 Å². The molecule has 0 bridgehead atoms. The van der Waals surface area contributed by atoms with Crippen molar-refractivity contribution >= 4 is 27.5 Å². The first-order valence-corrected chi connectivity index (χ1v) is 4.86. The summed E-state index contributed by atoms with van der Waals surface area (Å²) >= 11 is 3.09. The van der Waals surface area contributed by atoms with Gasteiger partial charge in [-0.25, -0.2) is 8.78 Å². The van der Waals surface area contributed by atoms with Crippen molar-refractivity contribution in [3.63, 3.8) is 0 Å². The number of rotatable bonds is 3. The summed E-state index contributed by atoms with van der Waals surface area (Å²) in [4.78, 5) is 10.8. The molecule has 0 saturated heterocycles. The van der Waals surface area contributed by atoms with E-state index in [1.807, 2.05) is 0 Å². The predicted octanol–water partition coefficient (Wildman–Crippen LogP) is 3.29. The lowest BCUT2D eigenvalue weighted by molar-refractivity contribution is -0.163. The molecule has 0 aliphatic rings. The Morgan fingerprint density at radius 2 is 1.75 bits per heavy atom. The molecule has 1 aromatic carbocycles. The number of hydrogen-bond donors (Lipinski definition) is 1. The highest BCUT2D eigenvalue weighted by Crippen LogP contribution is 2.25. The molecule has 88 valence electrons. The SMILES string of the molecule is O=C(Nc1ccc(Br)cc1)C(F)(F)C(F)F. The first-order chi connectivity index (χ1) is 7.34. The Hall–Kier alpha value is -1.11. The molecule has 16 heavy (non-hydrogen) atoms. The first kappa shape index (κ1) is 13.0. The van der Waals surface area contributed by atoms with Crippen LogP contribution in [0.25, 0.3) is 0 Å². The van der Waals surface area contributed by atoms with Crippen LogP contribution in [0.5, 0.6) is 0 Å². The van der Waals surface area contributed by atoms with Gasteiger partial charge in [0, 0.05) is 10.2 Å². The van der Waals surface area contributed by atoms with Gasteiger partial charge in [-0.05, 0) is 24.3 Å². The number of amides is 1. The van der Waals surface area contributed by atoms with Crippen LogP contribution in [0.1, 0.15) is 0 Å². The van der Waals surface area contributed by atoms with Crippen LogP contribution in [0.2, 0.25) is 0 Å². The second-order valence-electron chi connectivity index (χ2n) is 2.88. The summed E-state index contributed by atoms with van der Waals surface area (Å²) in [6, 6.07) is 5.58. The van der Waals surface area contributed by atoms with Gasteiger partial charge in [0.05, 0.1) is 0 Å². The summed E-state index contributed by atoms with van der Waals surface area (Å²) in [7, 11) is 0. The molecular formula is C9H6BrF4NO. The fourth-order valence-corrected chi connectivity index (χ4v) is 1.11. The molecule has 0 atom stereocenters. The molecule has 1 amide bonds. The molecule has 0 aromatic heterocycles. The fraction of sp³-hybridized carbons (Fsp3) is 0.222. The van der Waals surface area contributed by atoms with Crippen molar-refractivity contribution in [1.29, 1.82) is 0 Å². The second-order valence-corrected chi connectivity index (χ2v) is 3.80. The molecule has 7 heteroatoms. The monoisotopic (exact) mass is 299 g/mol. The molecule has 0 aliphatic heterocycles. The maximum absolute atomic E-state index is 12.5. The molecule has 0 fully saturated rings. The molecule has 0 radical (unpaired) electrons. The number of halogens is 5. The zero-order valence-electron chi connectivity index (χ0n) is 7.68. The summed E-state index contributed by atoms with van der Waals surface area (Å²) in [6.07, 6.45) is -4.03. The summed E-state index contributed by atoms with van der Waals surface area (Å²) in [5.74, 6) is -6.71. The molecule has 0 saturated carbocycles. The van der Waals surface area contributed by atoms with Gasteiger partial charge in [-0.15, -0.1) is 0 Å². The number of anilines is 1. The standard InChI is InChI=1S/C9H6BrF4NO/c10-5-1-3-6(4-2-5)15-8(16)9(13,14)7(11)12/h1-4,7H,(H,15,16). The molecule has 0 heterocycles. The van der Waals surface area contributed by atoms with Crippen molar-refractivity contribution in [2.24, 2.45) is 0 Å².